The SMILES string of the molecule is COc1ccc2cc(C(C)(C)C)ccc2c1-c1c(S(=O)Cl)ccc2cc(C(C)(C)C)ccc12. The summed E-state index contributed by atoms with van der Waals surface area (Å²) in [5, 5.41) is 4.28. The number of fused-ring (bicyclic) bond motifs is 2. The lowest BCUT2D eigenvalue weighted by Gasteiger charge is -2.22. The van der Waals surface area contributed by atoms with Crippen molar-refractivity contribution in [1.82, 2.24) is 0 Å². The molecule has 0 spiro atoms. The van der Waals surface area contributed by atoms with Gasteiger partial charge in [0.2, 0.25) is 0 Å². The van der Waals surface area contributed by atoms with Crippen LogP contribution in [-0.2, 0) is 20.8 Å². The van der Waals surface area contributed by atoms with Crippen LogP contribution >= 0.6 is 10.7 Å². The summed E-state index contributed by atoms with van der Waals surface area (Å²) in [5.74, 6) is 0.738. The lowest BCUT2D eigenvalue weighted by molar-refractivity contribution is 0.417. The van der Waals surface area contributed by atoms with Crippen molar-refractivity contribution in [2.75, 3.05) is 7.11 Å². The molecule has 0 saturated heterocycles. The Labute approximate surface area is 203 Å². The molecule has 0 aromatic heterocycles. The lowest BCUT2D eigenvalue weighted by atomic mass is 9.83. The van der Waals surface area contributed by atoms with Gasteiger partial charge < -0.3 is 4.74 Å². The summed E-state index contributed by atoms with van der Waals surface area (Å²) in [4.78, 5) is 0.596. The van der Waals surface area contributed by atoms with Crippen LogP contribution in [-0.4, -0.2) is 11.3 Å². The van der Waals surface area contributed by atoms with Crippen LogP contribution in [0.15, 0.2) is 65.6 Å². The van der Waals surface area contributed by atoms with Gasteiger partial charge in [-0.15, -0.1) is 0 Å². The van der Waals surface area contributed by atoms with Crippen LogP contribution < -0.4 is 4.74 Å². The van der Waals surface area contributed by atoms with E-state index < -0.39 is 10.0 Å². The van der Waals surface area contributed by atoms with Gasteiger partial charge in [0.1, 0.15) is 15.8 Å². The second-order valence-electron chi connectivity index (χ2n) is 10.7. The molecule has 0 N–H and O–H groups in total. The van der Waals surface area contributed by atoms with Crippen molar-refractivity contribution in [2.24, 2.45) is 0 Å². The summed E-state index contributed by atoms with van der Waals surface area (Å²) in [6, 6.07) is 21.0. The second-order valence-corrected chi connectivity index (χ2v) is 12.4. The smallest absolute Gasteiger partial charge is 0.148 e. The Morgan fingerprint density at radius 2 is 1.18 bits per heavy atom. The zero-order valence-corrected chi connectivity index (χ0v) is 21.9. The highest BCUT2D eigenvalue weighted by Crippen LogP contribution is 2.45. The van der Waals surface area contributed by atoms with Crippen LogP contribution in [0.25, 0.3) is 32.7 Å². The normalized spacial score (nSPS) is 13.5. The number of hydrogen-bond acceptors (Lipinski definition) is 2. The van der Waals surface area contributed by atoms with Crippen LogP contribution in [0.2, 0.25) is 0 Å². The zero-order chi connectivity index (χ0) is 24.1. The molecule has 1 atom stereocenters. The molecule has 0 bridgehead atoms. The lowest BCUT2D eigenvalue weighted by Crippen LogP contribution is -2.11. The maximum absolute atomic E-state index is 12.7. The van der Waals surface area contributed by atoms with Gasteiger partial charge in [-0.2, -0.15) is 0 Å². The highest BCUT2D eigenvalue weighted by molar-refractivity contribution is 8.08. The molecule has 4 aromatic rings. The fourth-order valence-corrected chi connectivity index (χ4v) is 5.31. The van der Waals surface area contributed by atoms with Gasteiger partial charge in [0.25, 0.3) is 0 Å². The molecule has 4 heteroatoms. The van der Waals surface area contributed by atoms with Crippen molar-refractivity contribution in [3.63, 3.8) is 0 Å². The van der Waals surface area contributed by atoms with Crippen LogP contribution in [0.1, 0.15) is 52.7 Å². The van der Waals surface area contributed by atoms with E-state index in [2.05, 4.69) is 84.0 Å². The van der Waals surface area contributed by atoms with E-state index in [1.54, 1.807) is 7.11 Å². The van der Waals surface area contributed by atoms with Gasteiger partial charge >= 0.3 is 0 Å². The number of rotatable bonds is 3. The Morgan fingerprint density at radius 1 is 0.697 bits per heavy atom. The van der Waals surface area contributed by atoms with Crippen molar-refractivity contribution in [2.45, 2.75) is 57.3 Å². The minimum absolute atomic E-state index is 0.0306. The monoisotopic (exact) mass is 478 g/mol. The van der Waals surface area contributed by atoms with Crippen molar-refractivity contribution in [3.05, 3.63) is 71.8 Å². The van der Waals surface area contributed by atoms with E-state index >= 15 is 0 Å². The standard InChI is InChI=1S/C29H31ClO2S/c1-28(2,3)20-10-12-22-18(16-20)8-14-24(32-7)26(22)27-23-13-11-21(29(4,5)6)17-19(23)9-15-25(27)33(30)31/h8-17H,1-7H3. The Hall–Kier alpha value is -2.36. The summed E-state index contributed by atoms with van der Waals surface area (Å²) in [6.45, 7) is 13.3. The average molecular weight is 479 g/mol. The molecule has 4 aromatic carbocycles. The summed E-state index contributed by atoms with van der Waals surface area (Å²) in [6.07, 6.45) is 0. The molecule has 0 amide bonds. The molecule has 0 fully saturated rings. The molecule has 0 aliphatic carbocycles. The molecular weight excluding hydrogens is 448 g/mol. The first kappa shape index (κ1) is 23.8. The molecule has 172 valence electrons. The quantitative estimate of drug-likeness (QED) is 0.276. The summed E-state index contributed by atoms with van der Waals surface area (Å²) in [7, 11) is 6.23. The van der Waals surface area contributed by atoms with Gasteiger partial charge in [0, 0.05) is 11.1 Å². The Morgan fingerprint density at radius 3 is 1.64 bits per heavy atom. The van der Waals surface area contributed by atoms with E-state index in [1.165, 1.54) is 11.1 Å². The minimum Gasteiger partial charge on any atom is -0.496 e. The fraction of sp³-hybridized carbons (Fsp3) is 0.310. The average Bonchev–Trinajstić information content (AvgIpc) is 2.75. The van der Waals surface area contributed by atoms with E-state index in [9.17, 15) is 4.21 Å². The number of benzene rings is 4. The van der Waals surface area contributed by atoms with Gasteiger partial charge in [-0.05, 0) is 66.3 Å². The van der Waals surface area contributed by atoms with Crippen LogP contribution in [0.5, 0.6) is 5.75 Å². The number of ether oxygens (including phenoxy) is 1. The Balaban J connectivity index is 2.13. The van der Waals surface area contributed by atoms with Gasteiger partial charge in [0.05, 0.1) is 12.0 Å². The summed E-state index contributed by atoms with van der Waals surface area (Å²) < 4.78 is 18.5. The largest absolute Gasteiger partial charge is 0.496 e. The van der Waals surface area contributed by atoms with E-state index in [0.29, 0.717) is 4.90 Å². The molecule has 0 aliphatic heterocycles. The molecule has 0 radical (unpaired) electrons. The highest BCUT2D eigenvalue weighted by atomic mass is 35.7. The highest BCUT2D eigenvalue weighted by Gasteiger charge is 2.22. The first-order chi connectivity index (χ1) is 15.4. The molecular formula is C29H31ClO2S. The fourth-order valence-electron chi connectivity index (χ4n) is 4.37. The summed E-state index contributed by atoms with van der Waals surface area (Å²) >= 11 is 0. The predicted molar refractivity (Wildman–Crippen MR) is 143 cm³/mol. The molecule has 2 nitrogen and oxygen atoms in total. The van der Waals surface area contributed by atoms with E-state index in [4.69, 9.17) is 15.4 Å². The molecule has 0 heterocycles. The van der Waals surface area contributed by atoms with Gasteiger partial charge in [0.15, 0.2) is 0 Å². The zero-order valence-electron chi connectivity index (χ0n) is 20.4. The first-order valence-corrected chi connectivity index (χ1v) is 13.2. The van der Waals surface area contributed by atoms with Crippen molar-refractivity contribution >= 4 is 42.2 Å². The third-order valence-corrected chi connectivity index (χ3v) is 7.52. The third-order valence-electron chi connectivity index (χ3n) is 6.34. The predicted octanol–water partition coefficient (Wildman–Crippen LogP) is 8.53. The minimum atomic E-state index is -1.67. The molecule has 4 rings (SSSR count). The second kappa shape index (κ2) is 8.45. The molecule has 0 aliphatic rings. The van der Waals surface area contributed by atoms with Crippen molar-refractivity contribution < 1.29 is 8.95 Å². The maximum Gasteiger partial charge on any atom is 0.148 e. The Kier molecular flexibility index (Phi) is 6.09. The van der Waals surface area contributed by atoms with Crippen molar-refractivity contribution in [1.29, 1.82) is 0 Å². The van der Waals surface area contributed by atoms with Crippen LogP contribution in [0, 0.1) is 0 Å². The van der Waals surface area contributed by atoms with Gasteiger partial charge in [-0.3, -0.25) is 0 Å². The molecule has 33 heavy (non-hydrogen) atoms. The first-order valence-electron chi connectivity index (χ1n) is 11.2. The van der Waals surface area contributed by atoms with E-state index in [0.717, 1.165) is 38.4 Å². The summed E-state index contributed by atoms with van der Waals surface area (Å²) in [5.41, 5.74) is 4.38. The van der Waals surface area contributed by atoms with Gasteiger partial charge in [-0.25, -0.2) is 4.21 Å². The van der Waals surface area contributed by atoms with Crippen LogP contribution in [0.4, 0.5) is 0 Å². The van der Waals surface area contributed by atoms with Crippen molar-refractivity contribution in [3.8, 4) is 16.9 Å². The molecule has 0 saturated carbocycles. The third kappa shape index (κ3) is 4.41. The number of halogens is 1. The van der Waals surface area contributed by atoms with E-state index in [1.807, 2.05) is 18.2 Å². The molecule has 1 unspecified atom stereocenters. The maximum atomic E-state index is 12.7. The number of hydrogen-bond donors (Lipinski definition) is 0. The van der Waals surface area contributed by atoms with Gasteiger partial charge in [-0.1, -0.05) is 90.1 Å². The van der Waals surface area contributed by atoms with Crippen LogP contribution in [0.3, 0.4) is 0 Å². The topological polar surface area (TPSA) is 26.3 Å². The number of methoxy groups -OCH3 is 1. The Bertz CT molecular complexity index is 1390. The van der Waals surface area contributed by atoms with E-state index in [-0.39, 0.29) is 10.8 Å².